The first kappa shape index (κ1) is 15.1. The number of piperidine rings is 1. The van der Waals surface area contributed by atoms with Gasteiger partial charge in [-0.15, -0.1) is 0 Å². The van der Waals surface area contributed by atoms with Crippen molar-refractivity contribution in [2.24, 2.45) is 5.92 Å². The van der Waals surface area contributed by atoms with E-state index in [-0.39, 0.29) is 0 Å². The smallest absolute Gasteiger partial charge is 0.225 e. The second kappa shape index (κ2) is 6.95. The molecule has 122 valence electrons. The van der Waals surface area contributed by atoms with Gasteiger partial charge < -0.3 is 9.64 Å². The van der Waals surface area contributed by atoms with Crippen LogP contribution in [0.5, 0.6) is 0 Å². The predicted octanol–water partition coefficient (Wildman–Crippen LogP) is 2.27. The molecule has 0 N–H and O–H groups in total. The lowest BCUT2D eigenvalue weighted by molar-refractivity contribution is -0.0239. The minimum Gasteiger partial charge on any atom is -0.375 e. The van der Waals surface area contributed by atoms with Crippen molar-refractivity contribution in [3.05, 3.63) is 40.8 Å². The number of anilines is 1. The summed E-state index contributed by atoms with van der Waals surface area (Å²) in [4.78, 5) is 13.6. The molecule has 0 radical (unpaired) electrons. The monoisotopic (exact) mass is 330 g/mol. The molecule has 0 bridgehead atoms. The van der Waals surface area contributed by atoms with Gasteiger partial charge in [-0.1, -0.05) is 0 Å². The van der Waals surface area contributed by atoms with E-state index in [0.29, 0.717) is 12.0 Å². The van der Waals surface area contributed by atoms with E-state index in [4.69, 9.17) is 4.74 Å². The molecule has 0 amide bonds. The van der Waals surface area contributed by atoms with Gasteiger partial charge in [-0.2, -0.15) is 11.3 Å². The first-order valence-corrected chi connectivity index (χ1v) is 9.20. The van der Waals surface area contributed by atoms with Crippen molar-refractivity contribution in [1.29, 1.82) is 0 Å². The Bertz CT molecular complexity index is 606. The van der Waals surface area contributed by atoms with E-state index in [2.05, 4.69) is 36.6 Å². The zero-order valence-electron chi connectivity index (χ0n) is 13.2. The third kappa shape index (κ3) is 3.54. The lowest BCUT2D eigenvalue weighted by atomic mass is 9.93. The Balaban J connectivity index is 1.40. The summed E-state index contributed by atoms with van der Waals surface area (Å²) in [5, 5.41) is 4.40. The number of ether oxygens (including phenoxy) is 1. The van der Waals surface area contributed by atoms with Crippen LogP contribution in [0.3, 0.4) is 0 Å². The molecule has 2 fully saturated rings. The maximum atomic E-state index is 6.17. The summed E-state index contributed by atoms with van der Waals surface area (Å²) in [6.07, 6.45) is 5.14. The van der Waals surface area contributed by atoms with Gasteiger partial charge in [0.25, 0.3) is 0 Å². The Morgan fingerprint density at radius 3 is 2.96 bits per heavy atom. The van der Waals surface area contributed by atoms with Crippen LogP contribution in [0.1, 0.15) is 12.0 Å². The Morgan fingerprint density at radius 2 is 2.13 bits per heavy atom. The lowest BCUT2D eigenvalue weighted by Crippen LogP contribution is -2.46. The predicted molar refractivity (Wildman–Crippen MR) is 91.7 cm³/mol. The van der Waals surface area contributed by atoms with Crippen LogP contribution in [0.2, 0.25) is 0 Å². The van der Waals surface area contributed by atoms with E-state index in [1.807, 2.05) is 18.5 Å². The number of likely N-dealkylation sites (tertiary alicyclic amines) is 1. The van der Waals surface area contributed by atoms with Gasteiger partial charge in [0.2, 0.25) is 5.95 Å². The zero-order chi connectivity index (χ0) is 15.5. The van der Waals surface area contributed by atoms with Gasteiger partial charge in [0.05, 0.1) is 12.7 Å². The zero-order valence-corrected chi connectivity index (χ0v) is 14.0. The number of hydrogen-bond donors (Lipinski definition) is 0. The van der Waals surface area contributed by atoms with E-state index < -0.39 is 0 Å². The summed E-state index contributed by atoms with van der Waals surface area (Å²) < 4.78 is 6.17. The molecule has 2 aromatic rings. The van der Waals surface area contributed by atoms with E-state index in [0.717, 1.165) is 45.3 Å². The van der Waals surface area contributed by atoms with Crippen molar-refractivity contribution in [3.63, 3.8) is 0 Å². The maximum Gasteiger partial charge on any atom is 0.225 e. The fourth-order valence-corrected chi connectivity index (χ4v) is 4.20. The van der Waals surface area contributed by atoms with Crippen molar-refractivity contribution in [2.75, 3.05) is 37.7 Å². The van der Waals surface area contributed by atoms with Crippen molar-refractivity contribution < 1.29 is 4.74 Å². The minimum atomic E-state index is 0.330. The highest BCUT2D eigenvalue weighted by Gasteiger charge is 2.33. The number of fused-ring (bicyclic) bond motifs is 1. The summed E-state index contributed by atoms with van der Waals surface area (Å²) in [6, 6.07) is 4.09. The second-order valence-electron chi connectivity index (χ2n) is 6.32. The summed E-state index contributed by atoms with van der Waals surface area (Å²) >= 11 is 1.77. The van der Waals surface area contributed by atoms with Crippen LogP contribution in [0.25, 0.3) is 0 Å². The molecule has 4 rings (SSSR count). The first-order chi connectivity index (χ1) is 11.4. The molecule has 0 saturated carbocycles. The number of hydrogen-bond acceptors (Lipinski definition) is 6. The molecule has 0 spiro atoms. The van der Waals surface area contributed by atoms with E-state index in [1.54, 1.807) is 11.3 Å². The van der Waals surface area contributed by atoms with Gasteiger partial charge in [-0.3, -0.25) is 4.90 Å². The molecule has 4 heterocycles. The molecule has 2 aromatic heterocycles. The van der Waals surface area contributed by atoms with Gasteiger partial charge in [-0.25, -0.2) is 9.97 Å². The molecular formula is C17H22N4OS. The normalized spacial score (nSPS) is 25.8. The number of rotatable bonds is 3. The van der Waals surface area contributed by atoms with E-state index >= 15 is 0 Å². The molecule has 23 heavy (non-hydrogen) atoms. The van der Waals surface area contributed by atoms with Crippen LogP contribution in [0.4, 0.5) is 5.95 Å². The van der Waals surface area contributed by atoms with Gasteiger partial charge in [0.1, 0.15) is 0 Å². The summed E-state index contributed by atoms with van der Waals surface area (Å²) in [7, 11) is 0. The average molecular weight is 330 g/mol. The summed E-state index contributed by atoms with van der Waals surface area (Å²) in [5.41, 5.74) is 1.42. The number of thiophene rings is 1. The van der Waals surface area contributed by atoms with Crippen LogP contribution < -0.4 is 4.90 Å². The fraction of sp³-hybridized carbons (Fsp3) is 0.529. The van der Waals surface area contributed by atoms with Crippen LogP contribution >= 0.6 is 11.3 Å². The fourth-order valence-electron chi connectivity index (χ4n) is 3.54. The maximum absolute atomic E-state index is 6.17. The number of nitrogens with zero attached hydrogens (tertiary/aromatic N) is 4. The Hall–Kier alpha value is -1.50. The van der Waals surface area contributed by atoms with Crippen LogP contribution in [-0.2, 0) is 11.3 Å². The second-order valence-corrected chi connectivity index (χ2v) is 7.10. The average Bonchev–Trinajstić information content (AvgIpc) is 3.00. The first-order valence-electron chi connectivity index (χ1n) is 8.25. The van der Waals surface area contributed by atoms with Crippen LogP contribution in [0, 0.1) is 5.92 Å². The highest BCUT2D eigenvalue weighted by molar-refractivity contribution is 7.07. The molecule has 2 atom stereocenters. The highest BCUT2D eigenvalue weighted by atomic mass is 32.1. The topological polar surface area (TPSA) is 41.5 Å². The Labute approximate surface area is 140 Å². The van der Waals surface area contributed by atoms with E-state index in [1.165, 1.54) is 12.0 Å². The quantitative estimate of drug-likeness (QED) is 0.863. The van der Waals surface area contributed by atoms with Crippen molar-refractivity contribution in [1.82, 2.24) is 14.9 Å². The lowest BCUT2D eigenvalue weighted by Gasteiger charge is -2.37. The molecule has 0 aromatic carbocycles. The van der Waals surface area contributed by atoms with Crippen molar-refractivity contribution in [3.8, 4) is 0 Å². The SMILES string of the molecule is c1cnc(N2CCOC3CN(Cc4ccsc4)CCC3C2)nc1. The van der Waals surface area contributed by atoms with Crippen molar-refractivity contribution >= 4 is 17.3 Å². The highest BCUT2D eigenvalue weighted by Crippen LogP contribution is 2.26. The van der Waals surface area contributed by atoms with Gasteiger partial charge >= 0.3 is 0 Å². The van der Waals surface area contributed by atoms with Crippen LogP contribution in [-0.4, -0.2) is 53.8 Å². The molecule has 2 aliphatic rings. The third-order valence-electron chi connectivity index (χ3n) is 4.75. The van der Waals surface area contributed by atoms with Crippen LogP contribution in [0.15, 0.2) is 35.3 Å². The molecule has 2 aliphatic heterocycles. The van der Waals surface area contributed by atoms with Crippen molar-refractivity contribution in [2.45, 2.75) is 19.1 Å². The summed E-state index contributed by atoms with van der Waals surface area (Å²) in [6.45, 7) is 5.85. The van der Waals surface area contributed by atoms with E-state index in [9.17, 15) is 0 Å². The van der Waals surface area contributed by atoms with Gasteiger partial charge in [0.15, 0.2) is 0 Å². The standard InChI is InChI=1S/C17H22N4OS/c1-4-18-17(19-5-1)21-7-8-22-16-12-20(6-2-15(16)11-21)10-14-3-9-23-13-14/h1,3-5,9,13,15-16H,2,6-8,10-12H2. The van der Waals surface area contributed by atoms with Gasteiger partial charge in [0, 0.05) is 44.5 Å². The third-order valence-corrected chi connectivity index (χ3v) is 5.48. The van der Waals surface area contributed by atoms with Gasteiger partial charge in [-0.05, 0) is 41.4 Å². The Kier molecular flexibility index (Phi) is 4.55. The molecule has 0 aliphatic carbocycles. The largest absolute Gasteiger partial charge is 0.375 e. The molecule has 2 unspecified atom stereocenters. The Morgan fingerprint density at radius 1 is 1.22 bits per heavy atom. The minimum absolute atomic E-state index is 0.330. The molecular weight excluding hydrogens is 308 g/mol. The molecule has 6 heteroatoms. The number of aromatic nitrogens is 2. The summed E-state index contributed by atoms with van der Waals surface area (Å²) in [5.74, 6) is 1.40. The molecule has 5 nitrogen and oxygen atoms in total. The molecule has 2 saturated heterocycles.